The first-order valence-corrected chi connectivity index (χ1v) is 8.29. The molecule has 24 heavy (non-hydrogen) atoms. The van der Waals surface area contributed by atoms with E-state index in [1.54, 1.807) is 6.07 Å². The fraction of sp³-hybridized carbons (Fsp3) is 0.133. The molecular weight excluding hydrogens is 336 g/mol. The molecule has 0 fully saturated rings. The van der Waals surface area contributed by atoms with Crippen LogP contribution in [0.15, 0.2) is 53.4 Å². The Labute approximate surface area is 138 Å². The molecule has 1 atom stereocenters. The standard InChI is InChI=1S/C15H14N2O6S/c1-10(11-5-4-6-12(9-11)15(18)19)16-24(22,23)14-8-3-2-7-13(14)17(20)21/h2-10,16H,1H3,(H,18,19). The van der Waals surface area contributed by atoms with Crippen LogP contribution in [0.4, 0.5) is 5.69 Å². The summed E-state index contributed by atoms with van der Waals surface area (Å²) in [6.45, 7) is 1.52. The molecule has 1 unspecified atom stereocenters. The number of aromatic carboxylic acids is 1. The molecule has 0 radical (unpaired) electrons. The lowest BCUT2D eigenvalue weighted by Crippen LogP contribution is -2.27. The number of nitrogens with one attached hydrogen (secondary N) is 1. The van der Waals surface area contributed by atoms with E-state index in [-0.39, 0.29) is 5.56 Å². The van der Waals surface area contributed by atoms with Crippen LogP contribution >= 0.6 is 0 Å². The van der Waals surface area contributed by atoms with Gasteiger partial charge in [0.05, 0.1) is 10.5 Å². The Bertz CT molecular complexity index is 894. The van der Waals surface area contributed by atoms with Gasteiger partial charge in [0.2, 0.25) is 10.0 Å². The third-order valence-electron chi connectivity index (χ3n) is 3.32. The second kappa shape index (κ2) is 6.77. The highest BCUT2D eigenvalue weighted by atomic mass is 32.2. The summed E-state index contributed by atoms with van der Waals surface area (Å²) in [5.41, 5.74) is -0.0854. The average Bonchev–Trinajstić information content (AvgIpc) is 2.54. The molecule has 126 valence electrons. The molecule has 0 saturated heterocycles. The number of carboxylic acid groups (broad SMARTS) is 1. The number of nitrogens with zero attached hydrogens (tertiary/aromatic N) is 1. The van der Waals surface area contributed by atoms with Crippen molar-refractivity contribution in [1.82, 2.24) is 4.72 Å². The smallest absolute Gasteiger partial charge is 0.335 e. The van der Waals surface area contributed by atoms with Gasteiger partial charge < -0.3 is 5.11 Å². The summed E-state index contributed by atoms with van der Waals surface area (Å²) in [5, 5.41) is 20.0. The van der Waals surface area contributed by atoms with E-state index in [1.807, 2.05) is 0 Å². The van der Waals surface area contributed by atoms with E-state index in [0.29, 0.717) is 5.56 Å². The number of nitro benzene ring substituents is 1. The SMILES string of the molecule is CC(NS(=O)(=O)c1ccccc1[N+](=O)[O-])c1cccc(C(=O)O)c1. The van der Waals surface area contributed by atoms with E-state index in [2.05, 4.69) is 4.72 Å². The van der Waals surface area contributed by atoms with Crippen molar-refractivity contribution in [3.8, 4) is 0 Å². The maximum atomic E-state index is 12.4. The Morgan fingerprint density at radius 2 is 1.88 bits per heavy atom. The van der Waals surface area contributed by atoms with Crippen molar-refractivity contribution in [3.63, 3.8) is 0 Å². The van der Waals surface area contributed by atoms with Gasteiger partial charge in [-0.05, 0) is 30.7 Å². The third-order valence-corrected chi connectivity index (χ3v) is 4.91. The van der Waals surface area contributed by atoms with Crippen LogP contribution in [0, 0.1) is 10.1 Å². The first-order valence-electron chi connectivity index (χ1n) is 6.81. The molecule has 2 rings (SSSR count). The van der Waals surface area contributed by atoms with Crippen LogP contribution in [-0.4, -0.2) is 24.4 Å². The minimum atomic E-state index is -4.16. The van der Waals surface area contributed by atoms with Crippen molar-refractivity contribution < 1.29 is 23.2 Å². The Balaban J connectivity index is 2.34. The van der Waals surface area contributed by atoms with E-state index < -0.39 is 37.5 Å². The van der Waals surface area contributed by atoms with Gasteiger partial charge in [-0.2, -0.15) is 0 Å². The lowest BCUT2D eigenvalue weighted by molar-refractivity contribution is -0.387. The van der Waals surface area contributed by atoms with Gasteiger partial charge in [-0.25, -0.2) is 17.9 Å². The first kappa shape index (κ1) is 17.6. The summed E-state index contributed by atoms with van der Waals surface area (Å²) >= 11 is 0. The van der Waals surface area contributed by atoms with Gasteiger partial charge in [0.1, 0.15) is 0 Å². The van der Waals surface area contributed by atoms with Crippen molar-refractivity contribution in [1.29, 1.82) is 0 Å². The number of carbonyl (C=O) groups is 1. The molecule has 9 heteroatoms. The predicted molar refractivity (Wildman–Crippen MR) is 85.2 cm³/mol. The van der Waals surface area contributed by atoms with Crippen LogP contribution in [0.5, 0.6) is 0 Å². The molecule has 0 spiro atoms. The van der Waals surface area contributed by atoms with Crippen molar-refractivity contribution >= 4 is 21.7 Å². The minimum absolute atomic E-state index is 0.0178. The zero-order valence-electron chi connectivity index (χ0n) is 12.5. The quantitative estimate of drug-likeness (QED) is 0.608. The highest BCUT2D eigenvalue weighted by molar-refractivity contribution is 7.89. The Kier molecular flexibility index (Phi) is 4.96. The molecule has 0 saturated carbocycles. The normalized spacial score (nSPS) is 12.5. The van der Waals surface area contributed by atoms with Crippen LogP contribution in [0.25, 0.3) is 0 Å². The summed E-state index contributed by atoms with van der Waals surface area (Å²) in [4.78, 5) is 20.8. The lowest BCUT2D eigenvalue weighted by Gasteiger charge is -2.15. The highest BCUT2D eigenvalue weighted by Crippen LogP contribution is 2.25. The molecule has 0 heterocycles. The summed E-state index contributed by atoms with van der Waals surface area (Å²) in [6.07, 6.45) is 0. The minimum Gasteiger partial charge on any atom is -0.478 e. The second-order valence-corrected chi connectivity index (χ2v) is 6.68. The maximum absolute atomic E-state index is 12.4. The summed E-state index contributed by atoms with van der Waals surface area (Å²) in [5.74, 6) is -1.13. The highest BCUT2D eigenvalue weighted by Gasteiger charge is 2.27. The van der Waals surface area contributed by atoms with Crippen molar-refractivity contribution in [2.24, 2.45) is 0 Å². The number of hydrogen-bond acceptors (Lipinski definition) is 5. The van der Waals surface area contributed by atoms with Gasteiger partial charge in [0.25, 0.3) is 5.69 Å². The van der Waals surface area contributed by atoms with E-state index in [0.717, 1.165) is 12.1 Å². The van der Waals surface area contributed by atoms with Crippen molar-refractivity contribution in [2.75, 3.05) is 0 Å². The predicted octanol–water partition coefficient (Wildman–Crippen LogP) is 2.33. The number of benzene rings is 2. The summed E-state index contributed by atoms with van der Waals surface area (Å²) in [6, 6.07) is 10.0. The molecule has 2 N–H and O–H groups in total. The van der Waals surface area contributed by atoms with Gasteiger partial charge in [0, 0.05) is 12.1 Å². The first-order chi connectivity index (χ1) is 11.2. The molecular formula is C15H14N2O6S. The third kappa shape index (κ3) is 3.76. The van der Waals surface area contributed by atoms with Gasteiger partial charge in [-0.3, -0.25) is 10.1 Å². The van der Waals surface area contributed by atoms with Gasteiger partial charge in [-0.1, -0.05) is 24.3 Å². The molecule has 0 amide bonds. The monoisotopic (exact) mass is 350 g/mol. The van der Waals surface area contributed by atoms with E-state index in [9.17, 15) is 23.3 Å². The lowest BCUT2D eigenvalue weighted by atomic mass is 10.1. The van der Waals surface area contributed by atoms with Crippen LogP contribution in [-0.2, 0) is 10.0 Å². The van der Waals surface area contributed by atoms with Gasteiger partial charge in [0.15, 0.2) is 4.90 Å². The molecule has 0 aliphatic rings. The molecule has 0 aliphatic heterocycles. The van der Waals surface area contributed by atoms with Crippen LogP contribution in [0.3, 0.4) is 0 Å². The number of carboxylic acids is 1. The van der Waals surface area contributed by atoms with Crippen LogP contribution in [0.1, 0.15) is 28.9 Å². The largest absolute Gasteiger partial charge is 0.478 e. The summed E-state index contributed by atoms with van der Waals surface area (Å²) < 4.78 is 27.2. The Hall–Kier alpha value is -2.78. The molecule has 0 bridgehead atoms. The molecule has 2 aromatic rings. The van der Waals surface area contributed by atoms with E-state index >= 15 is 0 Å². The zero-order chi connectivity index (χ0) is 17.9. The van der Waals surface area contributed by atoms with Crippen LogP contribution in [0.2, 0.25) is 0 Å². The number of rotatable bonds is 6. The Morgan fingerprint density at radius 1 is 1.21 bits per heavy atom. The molecule has 0 aliphatic carbocycles. The fourth-order valence-electron chi connectivity index (χ4n) is 2.14. The van der Waals surface area contributed by atoms with E-state index in [4.69, 9.17) is 5.11 Å². The van der Waals surface area contributed by atoms with Gasteiger partial charge >= 0.3 is 5.97 Å². The zero-order valence-corrected chi connectivity index (χ0v) is 13.4. The van der Waals surface area contributed by atoms with E-state index in [1.165, 1.54) is 37.3 Å². The summed E-state index contributed by atoms with van der Waals surface area (Å²) in [7, 11) is -4.16. The number of sulfonamides is 1. The average molecular weight is 350 g/mol. The maximum Gasteiger partial charge on any atom is 0.335 e. The van der Waals surface area contributed by atoms with Gasteiger partial charge in [-0.15, -0.1) is 0 Å². The van der Waals surface area contributed by atoms with Crippen LogP contribution < -0.4 is 4.72 Å². The number of hydrogen-bond donors (Lipinski definition) is 2. The topological polar surface area (TPSA) is 127 Å². The molecule has 0 aromatic heterocycles. The number of para-hydroxylation sites is 1. The molecule has 2 aromatic carbocycles. The van der Waals surface area contributed by atoms with Crippen molar-refractivity contribution in [2.45, 2.75) is 17.9 Å². The Morgan fingerprint density at radius 3 is 2.50 bits per heavy atom. The molecule has 8 nitrogen and oxygen atoms in total. The van der Waals surface area contributed by atoms with Crippen molar-refractivity contribution in [3.05, 3.63) is 69.8 Å². The fourth-order valence-corrected chi connectivity index (χ4v) is 3.54. The number of nitro groups is 1. The second-order valence-electron chi connectivity index (χ2n) is 5.00.